The van der Waals surface area contributed by atoms with Crippen molar-refractivity contribution in [3.8, 4) is 17.2 Å². The van der Waals surface area contributed by atoms with Crippen LogP contribution in [0.5, 0.6) is 17.2 Å². The third-order valence-electron chi connectivity index (χ3n) is 3.96. The van der Waals surface area contributed by atoms with Gasteiger partial charge >= 0.3 is 0 Å². The highest BCUT2D eigenvalue weighted by Crippen LogP contribution is 2.30. The molecule has 0 aliphatic heterocycles. The summed E-state index contributed by atoms with van der Waals surface area (Å²) < 4.78 is 17.9. The molecule has 138 valence electrons. The van der Waals surface area contributed by atoms with Crippen LogP contribution in [0.3, 0.4) is 0 Å². The number of hydrogen-bond acceptors (Lipinski definition) is 4. The number of hydrogen-bond donors (Lipinski definition) is 0. The molecule has 0 N–H and O–H groups in total. The number of benzene rings is 3. The highest BCUT2D eigenvalue weighted by molar-refractivity contribution is 9.10. The van der Waals surface area contributed by atoms with Crippen molar-refractivity contribution in [2.45, 2.75) is 13.2 Å². The van der Waals surface area contributed by atoms with Crippen LogP contribution >= 0.6 is 15.9 Å². The van der Waals surface area contributed by atoms with E-state index in [4.69, 9.17) is 14.2 Å². The van der Waals surface area contributed by atoms with Crippen LogP contribution in [0.2, 0.25) is 0 Å². The molecule has 0 aromatic heterocycles. The number of aldehydes is 1. The molecule has 0 atom stereocenters. The fourth-order valence-electron chi connectivity index (χ4n) is 2.56. The third kappa shape index (κ3) is 5.11. The molecule has 3 aromatic rings. The lowest BCUT2D eigenvalue weighted by molar-refractivity contribution is 0.111. The van der Waals surface area contributed by atoms with Gasteiger partial charge in [-0.3, -0.25) is 4.79 Å². The number of ether oxygens (including phenoxy) is 3. The van der Waals surface area contributed by atoms with E-state index in [0.29, 0.717) is 36.0 Å². The molecule has 3 rings (SSSR count). The normalized spacial score (nSPS) is 10.3. The van der Waals surface area contributed by atoms with Crippen LogP contribution in [0, 0.1) is 0 Å². The molecular weight excluding hydrogens is 408 g/mol. The predicted octanol–water partition coefficient (Wildman–Crippen LogP) is 5.43. The molecule has 4 nitrogen and oxygen atoms in total. The minimum atomic E-state index is 0.317. The lowest BCUT2D eigenvalue weighted by Gasteiger charge is -2.13. The van der Waals surface area contributed by atoms with E-state index < -0.39 is 0 Å². The van der Waals surface area contributed by atoms with Gasteiger partial charge in [-0.15, -0.1) is 0 Å². The molecule has 0 heterocycles. The molecule has 0 saturated carbocycles. The van der Waals surface area contributed by atoms with Gasteiger partial charge in [0.2, 0.25) is 0 Å². The maximum atomic E-state index is 11.2. The van der Waals surface area contributed by atoms with Gasteiger partial charge in [0.25, 0.3) is 0 Å². The first-order valence-electron chi connectivity index (χ1n) is 8.41. The molecule has 0 saturated heterocycles. The van der Waals surface area contributed by atoms with Crippen molar-refractivity contribution in [2.24, 2.45) is 0 Å². The quantitative estimate of drug-likeness (QED) is 0.450. The summed E-state index contributed by atoms with van der Waals surface area (Å²) in [5, 5.41) is 0. The fraction of sp³-hybridized carbons (Fsp3) is 0.136. The molecule has 0 bridgehead atoms. The van der Waals surface area contributed by atoms with E-state index in [2.05, 4.69) is 15.9 Å². The average molecular weight is 427 g/mol. The molecule has 0 spiro atoms. The summed E-state index contributed by atoms with van der Waals surface area (Å²) in [7, 11) is 1.61. The van der Waals surface area contributed by atoms with Gasteiger partial charge in [0.05, 0.1) is 12.7 Å². The van der Waals surface area contributed by atoms with Crippen LogP contribution < -0.4 is 14.2 Å². The number of rotatable bonds is 8. The maximum absolute atomic E-state index is 11.2. The molecule has 0 aliphatic carbocycles. The molecule has 5 heteroatoms. The summed E-state index contributed by atoms with van der Waals surface area (Å²) in [4.78, 5) is 11.2. The van der Waals surface area contributed by atoms with Gasteiger partial charge in [-0.2, -0.15) is 0 Å². The van der Waals surface area contributed by atoms with Gasteiger partial charge in [-0.1, -0.05) is 52.3 Å². The first-order chi connectivity index (χ1) is 13.2. The minimum absolute atomic E-state index is 0.317. The lowest BCUT2D eigenvalue weighted by Crippen LogP contribution is -2.01. The Morgan fingerprint density at radius 1 is 0.815 bits per heavy atom. The van der Waals surface area contributed by atoms with Crippen molar-refractivity contribution in [2.75, 3.05) is 7.11 Å². The first-order valence-corrected chi connectivity index (χ1v) is 9.20. The van der Waals surface area contributed by atoms with Crippen LogP contribution in [0.25, 0.3) is 0 Å². The van der Waals surface area contributed by atoms with E-state index in [1.165, 1.54) is 0 Å². The van der Waals surface area contributed by atoms with Crippen molar-refractivity contribution in [3.63, 3.8) is 0 Å². The zero-order chi connectivity index (χ0) is 19.1. The van der Waals surface area contributed by atoms with Crippen LogP contribution in [-0.2, 0) is 13.2 Å². The SMILES string of the molecule is COc1cc(COc2ccc(Br)cc2C=O)ccc1OCc1ccccc1. The second kappa shape index (κ2) is 9.24. The molecule has 0 radical (unpaired) electrons. The van der Waals surface area contributed by atoms with Gasteiger partial charge in [-0.05, 0) is 41.5 Å². The fourth-order valence-corrected chi connectivity index (χ4v) is 2.94. The smallest absolute Gasteiger partial charge is 0.161 e. The molecule has 0 aliphatic rings. The Bertz CT molecular complexity index is 909. The second-order valence-corrected chi connectivity index (χ2v) is 6.76. The Hall–Kier alpha value is -2.79. The van der Waals surface area contributed by atoms with Crippen LogP contribution in [0.15, 0.2) is 71.2 Å². The van der Waals surface area contributed by atoms with E-state index in [1.54, 1.807) is 19.2 Å². The van der Waals surface area contributed by atoms with Crippen molar-refractivity contribution < 1.29 is 19.0 Å². The molecule has 0 fully saturated rings. The van der Waals surface area contributed by atoms with E-state index in [0.717, 1.165) is 21.9 Å². The predicted molar refractivity (Wildman–Crippen MR) is 108 cm³/mol. The van der Waals surface area contributed by atoms with Crippen LogP contribution in [0.4, 0.5) is 0 Å². The summed E-state index contributed by atoms with van der Waals surface area (Å²) in [6.45, 7) is 0.784. The summed E-state index contributed by atoms with van der Waals surface area (Å²) in [5.41, 5.74) is 2.50. The van der Waals surface area contributed by atoms with Crippen LogP contribution in [0.1, 0.15) is 21.5 Å². The first kappa shape index (κ1) is 19.0. The Kier molecular flexibility index (Phi) is 6.49. The van der Waals surface area contributed by atoms with Gasteiger partial charge in [0, 0.05) is 4.47 Å². The molecule has 0 amide bonds. The second-order valence-electron chi connectivity index (χ2n) is 5.85. The highest BCUT2D eigenvalue weighted by atomic mass is 79.9. The van der Waals surface area contributed by atoms with E-state index in [-0.39, 0.29) is 0 Å². The van der Waals surface area contributed by atoms with Crippen molar-refractivity contribution in [1.29, 1.82) is 0 Å². The monoisotopic (exact) mass is 426 g/mol. The zero-order valence-corrected chi connectivity index (χ0v) is 16.4. The Labute approximate surface area is 166 Å². The van der Waals surface area contributed by atoms with Crippen molar-refractivity contribution in [1.82, 2.24) is 0 Å². The van der Waals surface area contributed by atoms with Gasteiger partial charge in [0.1, 0.15) is 19.0 Å². The molecule has 27 heavy (non-hydrogen) atoms. The lowest BCUT2D eigenvalue weighted by atomic mass is 10.2. The topological polar surface area (TPSA) is 44.8 Å². The molecule has 0 unspecified atom stereocenters. The van der Waals surface area contributed by atoms with Gasteiger partial charge < -0.3 is 14.2 Å². The van der Waals surface area contributed by atoms with Crippen LogP contribution in [-0.4, -0.2) is 13.4 Å². The summed E-state index contributed by atoms with van der Waals surface area (Å²) in [6.07, 6.45) is 0.779. The van der Waals surface area contributed by atoms with E-state index in [1.807, 2.05) is 54.6 Å². The number of methoxy groups -OCH3 is 1. The van der Waals surface area contributed by atoms with Gasteiger partial charge in [0.15, 0.2) is 17.8 Å². The number of halogens is 1. The zero-order valence-electron chi connectivity index (χ0n) is 14.9. The minimum Gasteiger partial charge on any atom is -0.493 e. The summed E-state index contributed by atoms with van der Waals surface area (Å²) in [6, 6.07) is 20.9. The Morgan fingerprint density at radius 3 is 2.26 bits per heavy atom. The Morgan fingerprint density at radius 2 is 1.52 bits per heavy atom. The number of carbonyl (C=O) groups excluding carboxylic acids is 1. The summed E-state index contributed by atoms with van der Waals surface area (Å²) >= 11 is 3.35. The Balaban J connectivity index is 1.68. The molecule has 3 aromatic carbocycles. The average Bonchev–Trinajstić information content (AvgIpc) is 2.72. The van der Waals surface area contributed by atoms with Crippen molar-refractivity contribution >= 4 is 22.2 Å². The highest BCUT2D eigenvalue weighted by Gasteiger charge is 2.09. The standard InChI is InChI=1S/C22H19BrO4/c1-25-22-11-17(15-26-20-10-8-19(23)12-18(20)13-24)7-9-21(22)27-14-16-5-3-2-4-6-16/h2-13H,14-15H2,1H3. The number of carbonyl (C=O) groups is 1. The van der Waals surface area contributed by atoms with E-state index >= 15 is 0 Å². The summed E-state index contributed by atoms with van der Waals surface area (Å²) in [5.74, 6) is 1.84. The molecular formula is C22H19BrO4. The van der Waals surface area contributed by atoms with Gasteiger partial charge in [-0.25, -0.2) is 0 Å². The van der Waals surface area contributed by atoms with E-state index in [9.17, 15) is 4.79 Å². The van der Waals surface area contributed by atoms with Crippen molar-refractivity contribution in [3.05, 3.63) is 87.9 Å². The third-order valence-corrected chi connectivity index (χ3v) is 4.45. The maximum Gasteiger partial charge on any atom is 0.161 e. The largest absolute Gasteiger partial charge is 0.493 e.